The summed E-state index contributed by atoms with van der Waals surface area (Å²) in [5, 5.41) is 52.5. The molecule has 3 saturated carbocycles. The lowest BCUT2D eigenvalue weighted by Gasteiger charge is -2.24. The van der Waals surface area contributed by atoms with Gasteiger partial charge in [-0.1, -0.05) is 43.4 Å². The zero-order valence-electron chi connectivity index (χ0n) is 22.8. The number of aliphatic hydroxyl groups is 3. The molecule has 6 unspecified atom stereocenters. The third-order valence-corrected chi connectivity index (χ3v) is 9.86. The highest BCUT2D eigenvalue weighted by molar-refractivity contribution is 5.79. The molecule has 0 radical (unpaired) electrons. The van der Waals surface area contributed by atoms with Crippen molar-refractivity contribution in [2.45, 2.75) is 71.1 Å². The van der Waals surface area contributed by atoms with Crippen molar-refractivity contribution in [1.29, 1.82) is 0 Å². The molecule has 3 fully saturated rings. The van der Waals surface area contributed by atoms with E-state index in [2.05, 4.69) is 18.2 Å². The summed E-state index contributed by atoms with van der Waals surface area (Å²) in [7, 11) is 0. The van der Waals surface area contributed by atoms with Gasteiger partial charge >= 0.3 is 17.9 Å². The molecule has 0 amide bonds. The Hall–Kier alpha value is -2.49. The second kappa shape index (κ2) is 12.4. The minimum absolute atomic E-state index is 0.156. The van der Waals surface area contributed by atoms with E-state index in [1.54, 1.807) is 0 Å². The second-order valence-corrected chi connectivity index (χ2v) is 12.3. The SMILES string of the molecule is CCC(CO)(CO)CO.O=C(O)C12C=CC(CC1)C2.O=C(O)C12C=CC(CC1)C2.O=C(O)C12C=CC(CC1)C2. The van der Waals surface area contributed by atoms with Gasteiger partial charge in [-0.3, -0.25) is 14.4 Å². The van der Waals surface area contributed by atoms with Crippen LogP contribution < -0.4 is 0 Å². The third kappa shape index (κ3) is 6.47. The van der Waals surface area contributed by atoms with Crippen molar-refractivity contribution in [2.24, 2.45) is 39.4 Å². The molecule has 0 spiro atoms. The molecule has 6 aliphatic carbocycles. The number of aliphatic carboxylic acids is 3. The van der Waals surface area contributed by atoms with Gasteiger partial charge in [0.05, 0.1) is 36.1 Å². The average Bonchev–Trinajstić information content (AvgIpc) is 3.80. The molecule has 6 atom stereocenters. The first kappa shape index (κ1) is 31.0. The normalized spacial score (nSPS) is 35.5. The maximum Gasteiger partial charge on any atom is 0.313 e. The van der Waals surface area contributed by atoms with Crippen molar-refractivity contribution >= 4 is 17.9 Å². The van der Waals surface area contributed by atoms with E-state index in [-0.39, 0.29) is 19.8 Å². The van der Waals surface area contributed by atoms with E-state index in [9.17, 15) is 14.4 Å². The number of hydrogen-bond donors (Lipinski definition) is 6. The second-order valence-electron chi connectivity index (χ2n) is 12.3. The van der Waals surface area contributed by atoms with Crippen LogP contribution in [0.2, 0.25) is 0 Å². The summed E-state index contributed by atoms with van der Waals surface area (Å²) in [5.74, 6) is -0.209. The number of carbonyl (C=O) groups is 3. The summed E-state index contributed by atoms with van der Waals surface area (Å²) in [6.45, 7) is 1.35. The van der Waals surface area contributed by atoms with E-state index in [0.29, 0.717) is 24.2 Å². The molecule has 39 heavy (non-hydrogen) atoms. The van der Waals surface area contributed by atoms with Crippen LogP contribution in [-0.2, 0) is 14.4 Å². The highest BCUT2D eigenvalue weighted by atomic mass is 16.4. The quantitative estimate of drug-likeness (QED) is 0.260. The topological polar surface area (TPSA) is 173 Å². The van der Waals surface area contributed by atoms with Gasteiger partial charge in [-0.2, -0.15) is 0 Å². The Morgan fingerprint density at radius 3 is 0.974 bits per heavy atom. The lowest BCUT2D eigenvalue weighted by molar-refractivity contribution is -0.146. The smallest absolute Gasteiger partial charge is 0.313 e. The Balaban J connectivity index is 0.000000144. The summed E-state index contributed by atoms with van der Waals surface area (Å²) in [4.78, 5) is 32.2. The first-order valence-corrected chi connectivity index (χ1v) is 14.0. The van der Waals surface area contributed by atoms with Crippen LogP contribution in [0.1, 0.15) is 71.1 Å². The van der Waals surface area contributed by atoms with Crippen LogP contribution in [-0.4, -0.2) is 68.4 Å². The molecule has 0 aromatic heterocycles. The first-order chi connectivity index (χ1) is 18.4. The molecule has 218 valence electrons. The van der Waals surface area contributed by atoms with Gasteiger partial charge in [0.15, 0.2) is 0 Å². The molecule has 0 heterocycles. The van der Waals surface area contributed by atoms with Gasteiger partial charge in [-0.05, 0) is 82.0 Å². The largest absolute Gasteiger partial charge is 0.481 e. The van der Waals surface area contributed by atoms with Gasteiger partial charge in [0.2, 0.25) is 0 Å². The van der Waals surface area contributed by atoms with Gasteiger partial charge < -0.3 is 30.6 Å². The fraction of sp³-hybridized carbons (Fsp3) is 0.700. The fourth-order valence-electron chi connectivity index (χ4n) is 6.53. The molecule has 9 nitrogen and oxygen atoms in total. The minimum Gasteiger partial charge on any atom is -0.481 e. The maximum atomic E-state index is 10.7. The number of fused-ring (bicyclic) bond motifs is 6. The molecule has 6 rings (SSSR count). The van der Waals surface area contributed by atoms with Crippen LogP contribution in [0.25, 0.3) is 0 Å². The average molecular weight is 549 g/mol. The van der Waals surface area contributed by atoms with E-state index in [1.807, 2.05) is 25.2 Å². The van der Waals surface area contributed by atoms with E-state index in [1.165, 1.54) is 0 Å². The minimum atomic E-state index is -0.667. The zero-order valence-corrected chi connectivity index (χ0v) is 22.8. The molecular formula is C30H44O9. The predicted molar refractivity (Wildman–Crippen MR) is 144 cm³/mol. The highest BCUT2D eigenvalue weighted by Crippen LogP contribution is 2.50. The zero-order chi connectivity index (χ0) is 28.9. The van der Waals surface area contributed by atoms with Gasteiger partial charge in [0.25, 0.3) is 0 Å². The number of rotatable bonds is 7. The van der Waals surface area contributed by atoms with Crippen molar-refractivity contribution in [2.75, 3.05) is 19.8 Å². The molecule has 0 aromatic carbocycles. The molecule has 6 bridgehead atoms. The number of allylic oxidation sites excluding steroid dienone is 3. The molecule has 6 aliphatic rings. The summed E-state index contributed by atoms with van der Waals surface area (Å²) in [6, 6.07) is 0. The predicted octanol–water partition coefficient (Wildman–Crippen LogP) is 3.64. The summed E-state index contributed by atoms with van der Waals surface area (Å²) in [5.41, 5.74) is -2.03. The number of carboxylic acids is 3. The highest BCUT2D eigenvalue weighted by Gasteiger charge is 2.48. The number of carboxylic acid groups (broad SMARTS) is 3. The molecule has 9 heteroatoms. The van der Waals surface area contributed by atoms with Crippen molar-refractivity contribution in [1.82, 2.24) is 0 Å². The van der Waals surface area contributed by atoms with Crippen LogP contribution in [0.3, 0.4) is 0 Å². The van der Waals surface area contributed by atoms with Crippen LogP contribution in [0.15, 0.2) is 36.5 Å². The molecule has 0 saturated heterocycles. The van der Waals surface area contributed by atoms with E-state index < -0.39 is 39.6 Å². The fourth-order valence-corrected chi connectivity index (χ4v) is 6.53. The first-order valence-electron chi connectivity index (χ1n) is 14.0. The Bertz CT molecular complexity index is 870. The Kier molecular flexibility index (Phi) is 9.83. The summed E-state index contributed by atoms with van der Waals surface area (Å²) in [6.07, 6.45) is 20.7. The van der Waals surface area contributed by atoms with E-state index in [0.717, 1.165) is 57.8 Å². The van der Waals surface area contributed by atoms with Crippen LogP contribution in [0.5, 0.6) is 0 Å². The number of aliphatic hydroxyl groups excluding tert-OH is 3. The summed E-state index contributed by atoms with van der Waals surface area (Å²) >= 11 is 0. The van der Waals surface area contributed by atoms with Crippen LogP contribution >= 0.6 is 0 Å². The van der Waals surface area contributed by atoms with Crippen LogP contribution in [0, 0.1) is 39.4 Å². The molecule has 6 N–H and O–H groups in total. The molecule has 0 aliphatic heterocycles. The standard InChI is InChI=1S/3C8H10O2.C6H14O3/c3*9-7(10)8-3-1-6(5-8)2-4-8;1-2-6(3-7,4-8)5-9/h3*1,3,6H,2,4-5H2,(H,9,10);7-9H,2-5H2,1H3. The molecule has 0 aromatic rings. The maximum absolute atomic E-state index is 10.7. The number of hydrogen-bond acceptors (Lipinski definition) is 6. The Labute approximate surface area is 229 Å². The van der Waals surface area contributed by atoms with E-state index >= 15 is 0 Å². The van der Waals surface area contributed by atoms with E-state index in [4.69, 9.17) is 30.6 Å². The van der Waals surface area contributed by atoms with Crippen molar-refractivity contribution in [3.8, 4) is 0 Å². The summed E-state index contributed by atoms with van der Waals surface area (Å²) < 4.78 is 0. The van der Waals surface area contributed by atoms with Gasteiger partial charge in [-0.25, -0.2) is 0 Å². The van der Waals surface area contributed by atoms with Gasteiger partial charge in [0, 0.05) is 5.41 Å². The Morgan fingerprint density at radius 1 is 0.641 bits per heavy atom. The van der Waals surface area contributed by atoms with Crippen molar-refractivity contribution in [3.63, 3.8) is 0 Å². The van der Waals surface area contributed by atoms with Crippen molar-refractivity contribution < 1.29 is 45.0 Å². The molecular weight excluding hydrogens is 504 g/mol. The lowest BCUT2D eigenvalue weighted by atomic mass is 9.88. The van der Waals surface area contributed by atoms with Crippen LogP contribution in [0.4, 0.5) is 0 Å². The lowest BCUT2D eigenvalue weighted by Crippen LogP contribution is -2.32. The third-order valence-electron chi connectivity index (χ3n) is 9.86. The van der Waals surface area contributed by atoms with Crippen molar-refractivity contribution in [3.05, 3.63) is 36.5 Å². The van der Waals surface area contributed by atoms with Gasteiger partial charge in [-0.15, -0.1) is 0 Å². The van der Waals surface area contributed by atoms with Gasteiger partial charge in [0.1, 0.15) is 0 Å². The monoisotopic (exact) mass is 548 g/mol. The Morgan fingerprint density at radius 2 is 0.923 bits per heavy atom.